The van der Waals surface area contributed by atoms with Gasteiger partial charge in [-0.25, -0.2) is 0 Å². The van der Waals surface area contributed by atoms with E-state index in [0.29, 0.717) is 17.8 Å². The van der Waals surface area contributed by atoms with Gasteiger partial charge in [0.05, 0.1) is 7.11 Å². The van der Waals surface area contributed by atoms with E-state index in [4.69, 9.17) is 9.47 Å². The third-order valence-corrected chi connectivity index (χ3v) is 3.54. The fourth-order valence-electron chi connectivity index (χ4n) is 2.11. The molecule has 0 amide bonds. The molecule has 2 rings (SSSR count). The molecule has 0 fully saturated rings. The molecule has 110 valence electrons. The molecule has 0 spiro atoms. The maximum atomic E-state index is 9.25. The molecule has 0 aliphatic carbocycles. The van der Waals surface area contributed by atoms with Crippen LogP contribution in [0.2, 0.25) is 0 Å². The van der Waals surface area contributed by atoms with E-state index < -0.39 is 7.12 Å². The highest BCUT2D eigenvalue weighted by Gasteiger charge is 2.14. The average Bonchev–Trinajstić information content (AvgIpc) is 2.48. The van der Waals surface area contributed by atoms with Gasteiger partial charge >= 0.3 is 7.12 Å². The Hall–Kier alpha value is -1.98. The zero-order valence-corrected chi connectivity index (χ0v) is 12.5. The molecule has 0 bridgehead atoms. The Balaban J connectivity index is 2.22. The second-order valence-corrected chi connectivity index (χ2v) is 4.93. The first-order valence-electron chi connectivity index (χ1n) is 6.75. The highest BCUT2D eigenvalue weighted by molar-refractivity contribution is 6.58. The van der Waals surface area contributed by atoms with E-state index in [1.165, 1.54) is 5.56 Å². The van der Waals surface area contributed by atoms with Crippen LogP contribution >= 0.6 is 0 Å². The monoisotopic (exact) mass is 286 g/mol. The summed E-state index contributed by atoms with van der Waals surface area (Å²) in [5.74, 6) is 1.47. The van der Waals surface area contributed by atoms with Crippen molar-refractivity contribution in [3.63, 3.8) is 0 Å². The van der Waals surface area contributed by atoms with Crippen LogP contribution in [0.25, 0.3) is 0 Å². The van der Waals surface area contributed by atoms with Crippen LogP contribution in [0.15, 0.2) is 36.4 Å². The molecule has 0 aliphatic heterocycles. The van der Waals surface area contributed by atoms with Crippen molar-refractivity contribution in [1.29, 1.82) is 0 Å². The van der Waals surface area contributed by atoms with Crippen molar-refractivity contribution >= 4 is 12.6 Å². The van der Waals surface area contributed by atoms with Gasteiger partial charge in [-0.1, -0.05) is 24.3 Å². The fraction of sp³-hybridized carbons (Fsp3) is 0.250. The van der Waals surface area contributed by atoms with Gasteiger partial charge in [0.25, 0.3) is 0 Å². The van der Waals surface area contributed by atoms with Crippen molar-refractivity contribution in [3.8, 4) is 11.5 Å². The van der Waals surface area contributed by atoms with E-state index in [2.05, 4.69) is 0 Å². The van der Waals surface area contributed by atoms with Crippen molar-refractivity contribution in [3.05, 3.63) is 53.1 Å². The lowest BCUT2D eigenvalue weighted by molar-refractivity contribution is 0.294. The second-order valence-electron chi connectivity index (χ2n) is 4.93. The van der Waals surface area contributed by atoms with E-state index in [1.54, 1.807) is 25.3 Å². The van der Waals surface area contributed by atoms with Crippen molar-refractivity contribution in [2.45, 2.75) is 20.5 Å². The molecule has 0 saturated carbocycles. The molecule has 5 heteroatoms. The SMILES string of the molecule is COc1ccc(B(O)O)cc1COc1cccc(C)c1C. The van der Waals surface area contributed by atoms with E-state index in [-0.39, 0.29) is 0 Å². The molecule has 2 aromatic rings. The Morgan fingerprint density at radius 2 is 1.81 bits per heavy atom. The number of benzene rings is 2. The van der Waals surface area contributed by atoms with Gasteiger partial charge in [-0.3, -0.25) is 0 Å². The van der Waals surface area contributed by atoms with Crippen molar-refractivity contribution in [2.24, 2.45) is 0 Å². The Kier molecular flexibility index (Phi) is 4.88. The molecule has 21 heavy (non-hydrogen) atoms. The summed E-state index contributed by atoms with van der Waals surface area (Å²) in [6, 6.07) is 10.9. The highest BCUT2D eigenvalue weighted by Crippen LogP contribution is 2.24. The van der Waals surface area contributed by atoms with Gasteiger partial charge in [0.2, 0.25) is 0 Å². The summed E-state index contributed by atoms with van der Waals surface area (Å²) in [5, 5.41) is 18.5. The molecule has 0 saturated heterocycles. The van der Waals surface area contributed by atoms with Crippen LogP contribution in [-0.4, -0.2) is 24.3 Å². The molecule has 0 unspecified atom stereocenters. The molecule has 4 nitrogen and oxygen atoms in total. The topological polar surface area (TPSA) is 58.9 Å². The van der Waals surface area contributed by atoms with Crippen LogP contribution in [0.5, 0.6) is 11.5 Å². The fourth-order valence-corrected chi connectivity index (χ4v) is 2.11. The van der Waals surface area contributed by atoms with E-state index in [0.717, 1.165) is 16.9 Å². The van der Waals surface area contributed by atoms with Crippen LogP contribution < -0.4 is 14.9 Å². The molecule has 0 aliphatic rings. The van der Waals surface area contributed by atoms with Gasteiger partial charge < -0.3 is 19.5 Å². The number of ether oxygens (including phenoxy) is 2. The zero-order chi connectivity index (χ0) is 15.4. The largest absolute Gasteiger partial charge is 0.496 e. The predicted molar refractivity (Wildman–Crippen MR) is 83.1 cm³/mol. The van der Waals surface area contributed by atoms with Gasteiger partial charge in [0.1, 0.15) is 18.1 Å². The Morgan fingerprint density at radius 3 is 2.48 bits per heavy atom. The lowest BCUT2D eigenvalue weighted by Gasteiger charge is -2.14. The zero-order valence-electron chi connectivity index (χ0n) is 12.5. The van der Waals surface area contributed by atoms with Crippen LogP contribution in [0.1, 0.15) is 16.7 Å². The first kappa shape index (κ1) is 15.4. The van der Waals surface area contributed by atoms with Gasteiger partial charge in [-0.2, -0.15) is 0 Å². The molecule has 2 N–H and O–H groups in total. The van der Waals surface area contributed by atoms with Crippen molar-refractivity contribution < 1.29 is 19.5 Å². The number of aryl methyl sites for hydroxylation is 1. The van der Waals surface area contributed by atoms with Gasteiger partial charge in [0.15, 0.2) is 0 Å². The summed E-state index contributed by atoms with van der Waals surface area (Å²) in [5.41, 5.74) is 3.44. The van der Waals surface area contributed by atoms with Gasteiger partial charge in [0, 0.05) is 5.56 Å². The third-order valence-electron chi connectivity index (χ3n) is 3.54. The molecule has 0 aromatic heterocycles. The quantitative estimate of drug-likeness (QED) is 0.819. The number of hydrogen-bond acceptors (Lipinski definition) is 4. The highest BCUT2D eigenvalue weighted by atomic mass is 16.5. The average molecular weight is 286 g/mol. The molecule has 0 atom stereocenters. The maximum absolute atomic E-state index is 9.25. The molecular weight excluding hydrogens is 267 g/mol. The standard InChI is InChI=1S/C16H19BO4/c1-11-5-4-6-15(12(11)2)21-10-13-9-14(17(18)19)7-8-16(13)20-3/h4-9,18-19H,10H2,1-3H3. The molecular formula is C16H19BO4. The molecule has 2 aromatic carbocycles. The molecule has 0 heterocycles. The van der Waals surface area contributed by atoms with Crippen LogP contribution in [-0.2, 0) is 6.61 Å². The number of methoxy groups -OCH3 is 1. The summed E-state index contributed by atoms with van der Waals surface area (Å²) in [6.45, 7) is 4.34. The van der Waals surface area contributed by atoms with Gasteiger partial charge in [-0.05, 0) is 42.6 Å². The van der Waals surface area contributed by atoms with E-state index >= 15 is 0 Å². The number of hydrogen-bond donors (Lipinski definition) is 2. The van der Waals surface area contributed by atoms with E-state index in [1.807, 2.05) is 32.0 Å². The third kappa shape index (κ3) is 3.57. The predicted octanol–water partition coefficient (Wildman–Crippen LogP) is 1.57. The minimum Gasteiger partial charge on any atom is -0.496 e. The lowest BCUT2D eigenvalue weighted by Crippen LogP contribution is -2.30. The Labute approximate surface area is 125 Å². The normalized spacial score (nSPS) is 10.3. The summed E-state index contributed by atoms with van der Waals surface area (Å²) >= 11 is 0. The summed E-state index contributed by atoms with van der Waals surface area (Å²) < 4.78 is 11.1. The van der Waals surface area contributed by atoms with Crippen LogP contribution in [0.4, 0.5) is 0 Å². The summed E-state index contributed by atoms with van der Waals surface area (Å²) in [7, 11) is 0.0709. The van der Waals surface area contributed by atoms with Crippen LogP contribution in [0, 0.1) is 13.8 Å². The molecule has 0 radical (unpaired) electrons. The first-order valence-corrected chi connectivity index (χ1v) is 6.75. The van der Waals surface area contributed by atoms with Crippen molar-refractivity contribution in [2.75, 3.05) is 7.11 Å². The summed E-state index contributed by atoms with van der Waals surface area (Å²) in [6.07, 6.45) is 0. The first-order chi connectivity index (χ1) is 10.0. The van der Waals surface area contributed by atoms with Gasteiger partial charge in [-0.15, -0.1) is 0 Å². The second kappa shape index (κ2) is 6.65. The minimum absolute atomic E-state index is 0.300. The van der Waals surface area contributed by atoms with Crippen molar-refractivity contribution in [1.82, 2.24) is 0 Å². The lowest BCUT2D eigenvalue weighted by atomic mass is 9.79. The maximum Gasteiger partial charge on any atom is 0.488 e. The Morgan fingerprint density at radius 1 is 1.05 bits per heavy atom. The minimum atomic E-state index is -1.50. The number of rotatable bonds is 5. The van der Waals surface area contributed by atoms with E-state index in [9.17, 15) is 10.0 Å². The smallest absolute Gasteiger partial charge is 0.488 e. The summed E-state index contributed by atoms with van der Waals surface area (Å²) in [4.78, 5) is 0. The van der Waals surface area contributed by atoms with Crippen LogP contribution in [0.3, 0.4) is 0 Å². The Bertz CT molecular complexity index is 626.